The van der Waals surface area contributed by atoms with Gasteiger partial charge in [-0.05, 0) is 19.8 Å². The van der Waals surface area contributed by atoms with Crippen LogP contribution >= 0.6 is 0 Å². The zero-order chi connectivity index (χ0) is 13.1. The topological polar surface area (TPSA) is 64.2 Å². The third kappa shape index (κ3) is 2.56. The number of carbonyl (C=O) groups is 1. The average Bonchev–Trinajstić information content (AvgIpc) is 2.56. The smallest absolute Gasteiger partial charge is 0.257 e. The molecule has 0 aliphatic carbocycles. The van der Waals surface area contributed by atoms with Crippen molar-refractivity contribution in [2.75, 3.05) is 13.1 Å². The highest BCUT2D eigenvalue weighted by Gasteiger charge is 2.27. The lowest BCUT2D eigenvalue weighted by molar-refractivity contribution is 0.0688. The summed E-state index contributed by atoms with van der Waals surface area (Å²) < 4.78 is 1.69. The van der Waals surface area contributed by atoms with E-state index in [1.165, 1.54) is 6.42 Å². The number of nitrogens with two attached hydrogens (primary N) is 1. The zero-order valence-corrected chi connectivity index (χ0v) is 11.2. The van der Waals surface area contributed by atoms with Gasteiger partial charge in [-0.15, -0.1) is 0 Å². The molecule has 0 bridgehead atoms. The molecule has 0 radical (unpaired) electrons. The molecule has 1 aliphatic rings. The van der Waals surface area contributed by atoms with Crippen molar-refractivity contribution in [2.45, 2.75) is 38.6 Å². The summed E-state index contributed by atoms with van der Waals surface area (Å²) in [6.07, 6.45) is 6.24. The first kappa shape index (κ1) is 13.1. The van der Waals surface area contributed by atoms with Crippen molar-refractivity contribution in [1.29, 1.82) is 0 Å². The van der Waals surface area contributed by atoms with Gasteiger partial charge in [0.2, 0.25) is 0 Å². The van der Waals surface area contributed by atoms with Crippen molar-refractivity contribution >= 4 is 5.91 Å². The van der Waals surface area contributed by atoms with Gasteiger partial charge in [0, 0.05) is 32.4 Å². The van der Waals surface area contributed by atoms with E-state index >= 15 is 0 Å². The minimum atomic E-state index is 0.0814. The Morgan fingerprint density at radius 2 is 2.28 bits per heavy atom. The second kappa shape index (κ2) is 5.52. The SMILES string of the molecule is Cc1nn(C)cc1C(=O)N1CCCCCC1CN. The molecule has 1 fully saturated rings. The molecule has 18 heavy (non-hydrogen) atoms. The van der Waals surface area contributed by atoms with E-state index in [1.54, 1.807) is 10.9 Å². The highest BCUT2D eigenvalue weighted by atomic mass is 16.2. The maximum atomic E-state index is 12.6. The zero-order valence-electron chi connectivity index (χ0n) is 11.2. The van der Waals surface area contributed by atoms with Gasteiger partial charge in [0.1, 0.15) is 0 Å². The van der Waals surface area contributed by atoms with Gasteiger partial charge in [0.25, 0.3) is 5.91 Å². The minimum Gasteiger partial charge on any atom is -0.334 e. The second-order valence-electron chi connectivity index (χ2n) is 5.04. The van der Waals surface area contributed by atoms with E-state index in [-0.39, 0.29) is 11.9 Å². The van der Waals surface area contributed by atoms with Gasteiger partial charge >= 0.3 is 0 Å². The Balaban J connectivity index is 2.22. The number of rotatable bonds is 2. The van der Waals surface area contributed by atoms with Crippen LogP contribution in [0.25, 0.3) is 0 Å². The fourth-order valence-corrected chi connectivity index (χ4v) is 2.65. The summed E-state index contributed by atoms with van der Waals surface area (Å²) in [5, 5.41) is 4.24. The molecular weight excluding hydrogens is 228 g/mol. The van der Waals surface area contributed by atoms with E-state index in [0.717, 1.165) is 31.5 Å². The number of hydrogen-bond acceptors (Lipinski definition) is 3. The van der Waals surface area contributed by atoms with Crippen LogP contribution in [0.3, 0.4) is 0 Å². The number of aryl methyl sites for hydroxylation is 2. The molecule has 2 rings (SSSR count). The third-order valence-electron chi connectivity index (χ3n) is 3.65. The van der Waals surface area contributed by atoms with E-state index < -0.39 is 0 Å². The Bertz CT molecular complexity index is 427. The van der Waals surface area contributed by atoms with Crippen molar-refractivity contribution in [2.24, 2.45) is 12.8 Å². The first-order valence-corrected chi connectivity index (χ1v) is 6.64. The van der Waals surface area contributed by atoms with Gasteiger partial charge in [-0.2, -0.15) is 5.10 Å². The lowest BCUT2D eigenvalue weighted by atomic mass is 10.1. The van der Waals surface area contributed by atoms with Gasteiger partial charge in [-0.25, -0.2) is 0 Å². The van der Waals surface area contributed by atoms with Crippen LogP contribution in [0.4, 0.5) is 0 Å². The fourth-order valence-electron chi connectivity index (χ4n) is 2.65. The van der Waals surface area contributed by atoms with Crippen molar-refractivity contribution in [1.82, 2.24) is 14.7 Å². The molecule has 1 saturated heterocycles. The Kier molecular flexibility index (Phi) is 4.01. The quantitative estimate of drug-likeness (QED) is 0.854. The fraction of sp³-hybridized carbons (Fsp3) is 0.692. The number of aromatic nitrogens is 2. The molecule has 0 saturated carbocycles. The van der Waals surface area contributed by atoms with Crippen molar-refractivity contribution in [3.8, 4) is 0 Å². The molecule has 100 valence electrons. The standard InChI is InChI=1S/C13H22N4O/c1-10-12(9-16(2)15-10)13(18)17-7-5-3-4-6-11(17)8-14/h9,11H,3-8,14H2,1-2H3. The molecule has 1 aromatic heterocycles. The summed E-state index contributed by atoms with van der Waals surface area (Å²) in [5.41, 5.74) is 7.31. The van der Waals surface area contributed by atoms with E-state index in [0.29, 0.717) is 12.1 Å². The largest absolute Gasteiger partial charge is 0.334 e. The molecule has 1 aliphatic heterocycles. The monoisotopic (exact) mass is 250 g/mol. The lowest BCUT2D eigenvalue weighted by Crippen LogP contribution is -2.44. The maximum absolute atomic E-state index is 12.6. The van der Waals surface area contributed by atoms with Gasteiger partial charge in [-0.3, -0.25) is 9.48 Å². The Labute approximate surface area is 108 Å². The van der Waals surface area contributed by atoms with Crippen molar-refractivity contribution in [3.05, 3.63) is 17.5 Å². The molecule has 0 spiro atoms. The van der Waals surface area contributed by atoms with E-state index in [1.807, 2.05) is 18.9 Å². The molecule has 2 N–H and O–H groups in total. The van der Waals surface area contributed by atoms with Crippen LogP contribution in [0.2, 0.25) is 0 Å². The average molecular weight is 250 g/mol. The van der Waals surface area contributed by atoms with Gasteiger partial charge in [0.15, 0.2) is 0 Å². The summed E-state index contributed by atoms with van der Waals surface area (Å²) in [7, 11) is 1.84. The van der Waals surface area contributed by atoms with E-state index in [9.17, 15) is 4.79 Å². The van der Waals surface area contributed by atoms with Crippen LogP contribution in [0, 0.1) is 6.92 Å². The number of carbonyl (C=O) groups excluding carboxylic acids is 1. The third-order valence-corrected chi connectivity index (χ3v) is 3.65. The summed E-state index contributed by atoms with van der Waals surface area (Å²) in [6.45, 7) is 3.24. The number of hydrogen-bond donors (Lipinski definition) is 1. The first-order chi connectivity index (χ1) is 8.63. The Morgan fingerprint density at radius 1 is 1.50 bits per heavy atom. The predicted molar refractivity (Wildman–Crippen MR) is 70.3 cm³/mol. The first-order valence-electron chi connectivity index (χ1n) is 6.64. The van der Waals surface area contributed by atoms with E-state index in [2.05, 4.69) is 5.10 Å². The molecule has 1 atom stereocenters. The molecule has 5 nitrogen and oxygen atoms in total. The van der Waals surface area contributed by atoms with Crippen molar-refractivity contribution in [3.63, 3.8) is 0 Å². The van der Waals surface area contributed by atoms with Crippen LogP contribution in [-0.4, -0.2) is 39.7 Å². The predicted octanol–water partition coefficient (Wildman–Crippen LogP) is 1.07. The van der Waals surface area contributed by atoms with Gasteiger partial charge in [0.05, 0.1) is 11.3 Å². The highest BCUT2D eigenvalue weighted by Crippen LogP contribution is 2.19. The van der Waals surface area contributed by atoms with Crippen LogP contribution in [-0.2, 0) is 7.05 Å². The van der Waals surface area contributed by atoms with Crippen molar-refractivity contribution < 1.29 is 4.79 Å². The molecule has 0 aromatic carbocycles. The summed E-state index contributed by atoms with van der Waals surface area (Å²) in [6, 6.07) is 0.180. The van der Waals surface area contributed by atoms with Gasteiger partial charge < -0.3 is 10.6 Å². The lowest BCUT2D eigenvalue weighted by Gasteiger charge is -2.28. The molecule has 1 unspecified atom stereocenters. The molecule has 1 aromatic rings. The van der Waals surface area contributed by atoms with Crippen LogP contribution < -0.4 is 5.73 Å². The number of nitrogens with zero attached hydrogens (tertiary/aromatic N) is 3. The highest BCUT2D eigenvalue weighted by molar-refractivity contribution is 5.95. The number of amides is 1. The van der Waals surface area contributed by atoms with Crippen LogP contribution in [0.5, 0.6) is 0 Å². The van der Waals surface area contributed by atoms with E-state index in [4.69, 9.17) is 5.73 Å². The molecule has 1 amide bonds. The molecule has 2 heterocycles. The van der Waals surface area contributed by atoms with Gasteiger partial charge in [-0.1, -0.05) is 12.8 Å². The molecule has 5 heteroatoms. The Hall–Kier alpha value is -1.36. The number of likely N-dealkylation sites (tertiary alicyclic amines) is 1. The van der Waals surface area contributed by atoms with Crippen LogP contribution in [0.1, 0.15) is 41.7 Å². The second-order valence-corrected chi connectivity index (χ2v) is 5.04. The Morgan fingerprint density at radius 3 is 2.89 bits per heavy atom. The normalized spacial score (nSPS) is 20.8. The summed E-state index contributed by atoms with van der Waals surface area (Å²) in [5.74, 6) is 0.0814. The summed E-state index contributed by atoms with van der Waals surface area (Å²) in [4.78, 5) is 14.5. The minimum absolute atomic E-state index is 0.0814. The molecular formula is C13H22N4O. The maximum Gasteiger partial charge on any atom is 0.257 e. The van der Waals surface area contributed by atoms with Crippen LogP contribution in [0.15, 0.2) is 6.20 Å². The summed E-state index contributed by atoms with van der Waals surface area (Å²) >= 11 is 0.